The van der Waals surface area contributed by atoms with Gasteiger partial charge in [0.25, 0.3) is 0 Å². The molecule has 0 saturated carbocycles. The molecule has 0 fully saturated rings. The summed E-state index contributed by atoms with van der Waals surface area (Å²) < 4.78 is 10.2. The van der Waals surface area contributed by atoms with E-state index in [2.05, 4.69) is 16.0 Å². The molecule has 0 saturated heterocycles. The molecule has 0 heterocycles. The number of carbonyl (C=O) groups is 3. The van der Waals surface area contributed by atoms with E-state index in [1.807, 2.05) is 51.1 Å². The van der Waals surface area contributed by atoms with Crippen LogP contribution in [0, 0.1) is 0 Å². The molecule has 1 unspecified atom stereocenters. The van der Waals surface area contributed by atoms with Gasteiger partial charge >= 0.3 is 12.1 Å². The molecule has 0 radical (unpaired) electrons. The highest BCUT2D eigenvalue weighted by Crippen LogP contribution is 2.12. The third-order valence-electron chi connectivity index (χ3n) is 4.17. The fourth-order valence-electron chi connectivity index (χ4n) is 2.92. The molecule has 3 N–H and O–H groups in total. The van der Waals surface area contributed by atoms with Gasteiger partial charge in [-0.1, -0.05) is 30.3 Å². The van der Waals surface area contributed by atoms with Crippen LogP contribution in [-0.2, 0) is 25.5 Å². The van der Waals surface area contributed by atoms with Gasteiger partial charge < -0.3 is 20.1 Å². The minimum atomic E-state index is -0.916. The van der Waals surface area contributed by atoms with Gasteiger partial charge in [0, 0.05) is 5.54 Å². The van der Waals surface area contributed by atoms with E-state index in [0.717, 1.165) is 5.56 Å². The topological polar surface area (TPSA) is 106 Å². The number of esters is 1. The number of hydrogen-bond acceptors (Lipinski definition) is 6. The Bertz CT molecular complexity index is 738. The lowest BCUT2D eigenvalue weighted by Gasteiger charge is -2.33. The molecular weight excluding hydrogens is 398 g/mol. The van der Waals surface area contributed by atoms with Crippen LogP contribution in [0.1, 0.15) is 54.0 Å². The van der Waals surface area contributed by atoms with Crippen molar-refractivity contribution < 1.29 is 23.9 Å². The second-order valence-electron chi connectivity index (χ2n) is 9.57. The van der Waals surface area contributed by atoms with Crippen LogP contribution in [-0.4, -0.2) is 54.3 Å². The maximum Gasteiger partial charge on any atom is 0.407 e. The summed E-state index contributed by atoms with van der Waals surface area (Å²) in [6.07, 6.45) is -0.294. The number of rotatable bonds is 8. The van der Waals surface area contributed by atoms with E-state index in [0.29, 0.717) is 6.42 Å². The first-order chi connectivity index (χ1) is 14.2. The molecule has 8 nitrogen and oxygen atoms in total. The zero-order valence-electron chi connectivity index (χ0n) is 19.9. The Kier molecular flexibility index (Phi) is 9.49. The Morgan fingerprint density at radius 3 is 2.06 bits per heavy atom. The average Bonchev–Trinajstić information content (AvgIpc) is 2.62. The second-order valence-corrected chi connectivity index (χ2v) is 9.57. The summed E-state index contributed by atoms with van der Waals surface area (Å²) in [6.45, 7) is 12.5. The Labute approximate surface area is 185 Å². The summed E-state index contributed by atoms with van der Waals surface area (Å²) in [4.78, 5) is 37.8. The van der Waals surface area contributed by atoms with Crippen molar-refractivity contribution in [1.29, 1.82) is 0 Å². The maximum absolute atomic E-state index is 13.2. The number of alkyl carbamates (subject to hydrolysis) is 1. The molecule has 3 atom stereocenters. The fourth-order valence-corrected chi connectivity index (χ4v) is 2.92. The average molecular weight is 436 g/mol. The van der Waals surface area contributed by atoms with Crippen molar-refractivity contribution in [2.24, 2.45) is 0 Å². The number of ether oxygens (including phenoxy) is 2. The van der Waals surface area contributed by atoms with E-state index >= 15 is 0 Å². The highest BCUT2D eigenvalue weighted by Gasteiger charge is 2.35. The number of nitrogens with one attached hydrogen (secondary N) is 3. The normalized spacial score (nSPS) is 14.7. The van der Waals surface area contributed by atoms with Crippen LogP contribution in [0.2, 0.25) is 0 Å². The van der Waals surface area contributed by atoms with Crippen molar-refractivity contribution in [3.8, 4) is 0 Å². The number of amides is 2. The van der Waals surface area contributed by atoms with Gasteiger partial charge in [-0.2, -0.15) is 0 Å². The van der Waals surface area contributed by atoms with Crippen LogP contribution < -0.4 is 16.0 Å². The van der Waals surface area contributed by atoms with Gasteiger partial charge in [-0.05, 0) is 60.5 Å². The van der Waals surface area contributed by atoms with Crippen LogP contribution in [0.25, 0.3) is 0 Å². The van der Waals surface area contributed by atoms with E-state index in [1.165, 1.54) is 7.11 Å². The molecule has 0 aliphatic rings. The molecule has 0 bridgehead atoms. The van der Waals surface area contributed by atoms with Gasteiger partial charge in [0.05, 0.1) is 13.2 Å². The van der Waals surface area contributed by atoms with Crippen LogP contribution in [0.15, 0.2) is 30.3 Å². The summed E-state index contributed by atoms with van der Waals surface area (Å²) in [6, 6.07) is 7.11. The van der Waals surface area contributed by atoms with Crippen LogP contribution in [0.5, 0.6) is 0 Å². The third kappa shape index (κ3) is 10.3. The Morgan fingerprint density at radius 1 is 1.00 bits per heavy atom. The Balaban J connectivity index is 3.26. The second kappa shape index (κ2) is 11.1. The standard InChI is InChI=1S/C23H37N3O5/c1-15(20(28)30-8)24-18(19(27)26-22(2,3)4)17(14-16-12-10-9-11-13-16)25-21(29)31-23(5,6)7/h9-13,15,17-18,24H,14H2,1-8H3,(H,25,29)(H,26,27)/t15-,17-,18?/m0/s1. The summed E-state index contributed by atoms with van der Waals surface area (Å²) >= 11 is 0. The first-order valence-electron chi connectivity index (χ1n) is 10.4. The van der Waals surface area contributed by atoms with Gasteiger partial charge in [0.2, 0.25) is 5.91 Å². The van der Waals surface area contributed by atoms with Gasteiger partial charge in [0.15, 0.2) is 0 Å². The number of benzene rings is 1. The highest BCUT2D eigenvalue weighted by molar-refractivity contribution is 5.85. The van der Waals surface area contributed by atoms with Crippen molar-refractivity contribution in [1.82, 2.24) is 16.0 Å². The summed E-state index contributed by atoms with van der Waals surface area (Å²) in [7, 11) is 1.28. The molecule has 0 spiro atoms. The lowest BCUT2D eigenvalue weighted by molar-refractivity contribution is -0.143. The first-order valence-corrected chi connectivity index (χ1v) is 10.4. The molecule has 1 rings (SSSR count). The van der Waals surface area contributed by atoms with E-state index < -0.39 is 41.3 Å². The lowest BCUT2D eigenvalue weighted by Crippen LogP contribution is -2.63. The largest absolute Gasteiger partial charge is 0.468 e. The van der Waals surface area contributed by atoms with Crippen LogP contribution in [0.4, 0.5) is 4.79 Å². The van der Waals surface area contributed by atoms with E-state index in [-0.39, 0.29) is 5.91 Å². The molecule has 0 aliphatic heterocycles. The quantitative estimate of drug-likeness (QED) is 0.542. The summed E-state index contributed by atoms with van der Waals surface area (Å²) in [5, 5.41) is 8.76. The lowest BCUT2D eigenvalue weighted by atomic mass is 9.96. The molecule has 1 aromatic rings. The van der Waals surface area contributed by atoms with E-state index in [9.17, 15) is 14.4 Å². The maximum atomic E-state index is 13.2. The molecule has 31 heavy (non-hydrogen) atoms. The van der Waals surface area contributed by atoms with Crippen LogP contribution in [0.3, 0.4) is 0 Å². The summed E-state index contributed by atoms with van der Waals surface area (Å²) in [5.74, 6) is -0.857. The molecule has 174 valence electrons. The highest BCUT2D eigenvalue weighted by atomic mass is 16.6. The predicted octanol–water partition coefficient (Wildman–Crippen LogP) is 2.56. The van der Waals surface area contributed by atoms with Gasteiger partial charge in [-0.25, -0.2) is 4.79 Å². The predicted molar refractivity (Wildman–Crippen MR) is 120 cm³/mol. The molecule has 0 aliphatic carbocycles. The van der Waals surface area contributed by atoms with Gasteiger partial charge in [0.1, 0.15) is 17.7 Å². The number of methoxy groups -OCH3 is 1. The molecule has 8 heteroatoms. The van der Waals surface area contributed by atoms with E-state index in [4.69, 9.17) is 9.47 Å². The van der Waals surface area contributed by atoms with Gasteiger partial charge in [-0.3, -0.25) is 14.9 Å². The van der Waals surface area contributed by atoms with E-state index in [1.54, 1.807) is 27.7 Å². The molecular formula is C23H37N3O5. The number of carbonyl (C=O) groups excluding carboxylic acids is 3. The van der Waals surface area contributed by atoms with Crippen molar-refractivity contribution in [2.45, 2.75) is 84.2 Å². The minimum Gasteiger partial charge on any atom is -0.468 e. The first kappa shape index (κ1) is 26.4. The molecule has 2 amide bonds. The Hall–Kier alpha value is -2.61. The van der Waals surface area contributed by atoms with Crippen molar-refractivity contribution >= 4 is 18.0 Å². The number of hydrogen-bond donors (Lipinski definition) is 3. The minimum absolute atomic E-state index is 0.347. The molecule has 1 aromatic carbocycles. The Morgan fingerprint density at radius 2 is 1.58 bits per heavy atom. The fraction of sp³-hybridized carbons (Fsp3) is 0.609. The van der Waals surface area contributed by atoms with Crippen molar-refractivity contribution in [3.05, 3.63) is 35.9 Å². The third-order valence-corrected chi connectivity index (χ3v) is 4.17. The van der Waals surface area contributed by atoms with Crippen molar-refractivity contribution in [3.63, 3.8) is 0 Å². The van der Waals surface area contributed by atoms with Crippen LogP contribution >= 0.6 is 0 Å². The zero-order valence-corrected chi connectivity index (χ0v) is 19.9. The SMILES string of the molecule is COC(=O)[C@H](C)NC(C(=O)NC(C)(C)C)[C@H](Cc1ccccc1)NC(=O)OC(C)(C)C. The van der Waals surface area contributed by atoms with Gasteiger partial charge in [-0.15, -0.1) is 0 Å². The van der Waals surface area contributed by atoms with Crippen molar-refractivity contribution in [2.75, 3.05) is 7.11 Å². The zero-order chi connectivity index (χ0) is 23.8. The summed E-state index contributed by atoms with van der Waals surface area (Å²) in [5.41, 5.74) is -0.281. The molecule has 0 aromatic heterocycles. The monoisotopic (exact) mass is 435 g/mol. The smallest absolute Gasteiger partial charge is 0.407 e.